The summed E-state index contributed by atoms with van der Waals surface area (Å²) in [5.74, 6) is 2.33. The zero-order chi connectivity index (χ0) is 43.1. The number of pyridine rings is 1. The zero-order valence-electron chi connectivity index (χ0n) is 36.7. The summed E-state index contributed by atoms with van der Waals surface area (Å²) in [6.07, 6.45) is 11.2. The van der Waals surface area contributed by atoms with Crippen molar-refractivity contribution in [1.29, 1.82) is 0 Å². The van der Waals surface area contributed by atoms with Crippen LogP contribution in [0.15, 0.2) is 146 Å². The van der Waals surface area contributed by atoms with Crippen molar-refractivity contribution in [2.24, 2.45) is 10.4 Å². The van der Waals surface area contributed by atoms with Gasteiger partial charge in [0.1, 0.15) is 18.0 Å². The van der Waals surface area contributed by atoms with E-state index in [4.69, 9.17) is 9.98 Å². The molecular weight excluding hydrogens is 741 g/mol. The van der Waals surface area contributed by atoms with Crippen molar-refractivity contribution in [2.75, 3.05) is 60.9 Å². The molecule has 0 saturated carbocycles. The number of aryl methyl sites for hydroxylation is 1. The van der Waals surface area contributed by atoms with Crippen LogP contribution in [0.4, 0.5) is 23.0 Å². The predicted molar refractivity (Wildman–Crippen MR) is 254 cm³/mol. The molecule has 314 valence electrons. The van der Waals surface area contributed by atoms with Crippen molar-refractivity contribution in [3.8, 4) is 11.3 Å². The number of benzene rings is 2. The number of aromatic nitrogens is 3. The van der Waals surface area contributed by atoms with Crippen LogP contribution in [-0.2, 0) is 13.0 Å². The van der Waals surface area contributed by atoms with Gasteiger partial charge in [0.05, 0.1) is 29.0 Å². The normalized spacial score (nSPS) is 13.6. The molecule has 2 aromatic heterocycles. The first-order valence-electron chi connectivity index (χ1n) is 21.0. The molecule has 0 aliphatic carbocycles. The van der Waals surface area contributed by atoms with Gasteiger partial charge in [-0.1, -0.05) is 82.7 Å². The zero-order valence-corrected chi connectivity index (χ0v) is 36.7. The Morgan fingerprint density at radius 1 is 0.950 bits per heavy atom. The van der Waals surface area contributed by atoms with Gasteiger partial charge in [-0.25, -0.2) is 15.0 Å². The van der Waals surface area contributed by atoms with Crippen LogP contribution in [0.1, 0.15) is 57.7 Å². The molecular formula is C50H64N10. The Morgan fingerprint density at radius 3 is 2.33 bits per heavy atom. The van der Waals surface area contributed by atoms with Crippen LogP contribution in [0.5, 0.6) is 0 Å². The maximum atomic E-state index is 4.76. The van der Waals surface area contributed by atoms with E-state index in [0.717, 1.165) is 116 Å². The lowest BCUT2D eigenvalue weighted by Crippen LogP contribution is -2.47. The Bertz CT molecular complexity index is 2180. The van der Waals surface area contributed by atoms with Gasteiger partial charge in [-0.05, 0) is 86.7 Å². The van der Waals surface area contributed by atoms with E-state index >= 15 is 0 Å². The average Bonchev–Trinajstić information content (AvgIpc) is 3.26. The van der Waals surface area contributed by atoms with E-state index in [2.05, 4.69) is 156 Å². The van der Waals surface area contributed by atoms with E-state index < -0.39 is 0 Å². The molecule has 10 nitrogen and oxygen atoms in total. The van der Waals surface area contributed by atoms with Crippen molar-refractivity contribution in [1.82, 2.24) is 30.5 Å². The third-order valence-corrected chi connectivity index (χ3v) is 10.7. The SMILES string of the molecule is C=C=C(NCC)N(CCC=C)c1ccc(CCN2CCN(c3ccc(Nc4cc(-c5ccc(CN/C(=C/C)C(C=C)=NC(=C)C(C)(C)C)c(C)c5)ncn4)nc3)CC2)cc1. The molecule has 0 atom stereocenters. The highest BCUT2D eigenvalue weighted by Gasteiger charge is 2.19. The van der Waals surface area contributed by atoms with Crippen LogP contribution < -0.4 is 25.8 Å². The number of nitrogens with zero attached hydrogens (tertiary/aromatic N) is 7. The fourth-order valence-corrected chi connectivity index (χ4v) is 6.85. The van der Waals surface area contributed by atoms with Crippen LogP contribution in [0, 0.1) is 12.3 Å². The van der Waals surface area contributed by atoms with Gasteiger partial charge in [0, 0.05) is 80.8 Å². The first-order valence-corrected chi connectivity index (χ1v) is 21.0. The minimum Gasteiger partial charge on any atom is -0.379 e. The van der Waals surface area contributed by atoms with Gasteiger partial charge in [-0.15, -0.1) is 6.58 Å². The third kappa shape index (κ3) is 12.4. The number of allylic oxidation sites excluding steroid dienone is 3. The molecule has 3 heterocycles. The molecule has 10 heteroatoms. The van der Waals surface area contributed by atoms with Crippen molar-refractivity contribution in [2.45, 2.75) is 60.9 Å². The van der Waals surface area contributed by atoms with Crippen LogP contribution in [0.3, 0.4) is 0 Å². The highest BCUT2D eigenvalue weighted by atomic mass is 15.3. The summed E-state index contributed by atoms with van der Waals surface area (Å²) in [7, 11) is 0. The molecule has 1 saturated heterocycles. The Kier molecular flexibility index (Phi) is 16.2. The van der Waals surface area contributed by atoms with E-state index in [1.807, 2.05) is 37.4 Å². The van der Waals surface area contributed by atoms with Crippen LogP contribution in [-0.4, -0.2) is 71.4 Å². The maximum absolute atomic E-state index is 4.76. The maximum Gasteiger partial charge on any atom is 0.150 e. The van der Waals surface area contributed by atoms with Crippen molar-refractivity contribution in [3.05, 3.63) is 157 Å². The Balaban J connectivity index is 1.11. The molecule has 4 aromatic rings. The molecule has 0 radical (unpaired) electrons. The largest absolute Gasteiger partial charge is 0.379 e. The van der Waals surface area contributed by atoms with Gasteiger partial charge in [0.2, 0.25) is 0 Å². The van der Waals surface area contributed by atoms with E-state index in [0.29, 0.717) is 12.4 Å². The highest BCUT2D eigenvalue weighted by molar-refractivity contribution is 6.08. The summed E-state index contributed by atoms with van der Waals surface area (Å²) in [5, 5.41) is 10.3. The third-order valence-electron chi connectivity index (χ3n) is 10.7. The minimum atomic E-state index is -0.123. The van der Waals surface area contributed by atoms with Gasteiger partial charge >= 0.3 is 0 Å². The molecule has 2 aromatic carbocycles. The minimum absolute atomic E-state index is 0.123. The van der Waals surface area contributed by atoms with Crippen molar-refractivity contribution < 1.29 is 0 Å². The fourth-order valence-electron chi connectivity index (χ4n) is 6.85. The first kappa shape index (κ1) is 44.9. The monoisotopic (exact) mass is 805 g/mol. The lowest BCUT2D eigenvalue weighted by molar-refractivity contribution is 0.261. The standard InChI is InChI=1S/C50H64N10/c1-11-16-26-60(49(14-4)51-15-5)42-21-17-39(18-22-42)25-27-58-28-30-59(31-29-58)43-23-24-47(53-35-43)57-48-33-46(54-36-55-48)40-19-20-41(37(6)32-40)34-52-44(12-2)45(13-3)56-38(7)50(8,9)10/h11-13,17-24,32-33,35-36,51-52H,1,3-4,7,15-16,25-31,34H2,2,5-6,8-10H3,(H,53,54,55,57)/b44-12+,56-45?. The summed E-state index contributed by atoms with van der Waals surface area (Å²) in [4.78, 5) is 25.8. The number of anilines is 4. The van der Waals surface area contributed by atoms with Gasteiger partial charge in [-0.3, -0.25) is 9.89 Å². The quantitative estimate of drug-likeness (QED) is 0.0459. The lowest BCUT2D eigenvalue weighted by atomic mass is 9.93. The lowest BCUT2D eigenvalue weighted by Gasteiger charge is -2.36. The fraction of sp³-hybridized carbons (Fsp3) is 0.340. The molecule has 0 bridgehead atoms. The number of nitrogens with one attached hydrogen (secondary N) is 3. The first-order chi connectivity index (χ1) is 29.0. The van der Waals surface area contributed by atoms with E-state index in [1.54, 1.807) is 12.4 Å². The van der Waals surface area contributed by atoms with Gasteiger partial charge in [0.15, 0.2) is 5.82 Å². The second-order valence-corrected chi connectivity index (χ2v) is 15.9. The van der Waals surface area contributed by atoms with Gasteiger partial charge < -0.3 is 25.8 Å². The van der Waals surface area contributed by atoms with E-state index in [9.17, 15) is 0 Å². The summed E-state index contributed by atoms with van der Waals surface area (Å²) >= 11 is 0. The molecule has 0 amide bonds. The molecule has 5 rings (SSSR count). The number of rotatable bonds is 20. The Morgan fingerprint density at radius 2 is 1.72 bits per heavy atom. The van der Waals surface area contributed by atoms with Crippen LogP contribution in [0.2, 0.25) is 0 Å². The summed E-state index contributed by atoms with van der Waals surface area (Å²) in [6.45, 7) is 35.7. The number of aliphatic imine (C=N–C) groups is 1. The second-order valence-electron chi connectivity index (χ2n) is 15.9. The predicted octanol–water partition coefficient (Wildman–Crippen LogP) is 9.75. The molecule has 1 fully saturated rings. The highest BCUT2D eigenvalue weighted by Crippen LogP contribution is 2.27. The number of piperazine rings is 1. The summed E-state index contributed by atoms with van der Waals surface area (Å²) in [6, 6.07) is 21.4. The molecule has 1 aliphatic rings. The molecule has 0 spiro atoms. The van der Waals surface area contributed by atoms with Crippen molar-refractivity contribution in [3.63, 3.8) is 0 Å². The number of hydrogen-bond donors (Lipinski definition) is 3. The average molecular weight is 805 g/mol. The Labute approximate surface area is 359 Å². The topological polar surface area (TPSA) is 96.8 Å². The van der Waals surface area contributed by atoms with E-state index in [-0.39, 0.29) is 5.41 Å². The molecule has 0 unspecified atom stereocenters. The van der Waals surface area contributed by atoms with Crippen molar-refractivity contribution >= 4 is 28.7 Å². The number of hydrogen-bond acceptors (Lipinski definition) is 10. The van der Waals surface area contributed by atoms with E-state index in [1.165, 1.54) is 11.1 Å². The smallest absolute Gasteiger partial charge is 0.150 e. The second kappa shape index (κ2) is 21.7. The molecule has 3 N–H and O–H groups in total. The molecule has 60 heavy (non-hydrogen) atoms. The van der Waals surface area contributed by atoms with Crippen LogP contribution >= 0.6 is 0 Å². The summed E-state index contributed by atoms with van der Waals surface area (Å²) < 4.78 is 0. The van der Waals surface area contributed by atoms with Gasteiger partial charge in [0.25, 0.3) is 0 Å². The Hall–Kier alpha value is -6.22. The molecule has 1 aliphatic heterocycles. The van der Waals surface area contributed by atoms with Crippen LogP contribution in [0.25, 0.3) is 11.3 Å². The van der Waals surface area contributed by atoms with Gasteiger partial charge in [-0.2, -0.15) is 0 Å². The summed E-state index contributed by atoms with van der Waals surface area (Å²) in [5.41, 5.74) is 13.2.